The molecule has 0 atom stereocenters. The molecule has 0 bridgehead atoms. The summed E-state index contributed by atoms with van der Waals surface area (Å²) in [5, 5.41) is 19.5. The molecule has 0 radical (unpaired) electrons. The number of hydrogen-bond donors (Lipinski definition) is 2. The number of carbonyl (C=O) groups excluding carboxylic acids is 3. The molecule has 1 amide bonds. The molecule has 0 fully saturated rings. The number of nitrogens with zero attached hydrogens (tertiary/aromatic N) is 1. The first kappa shape index (κ1) is 27.2. The summed E-state index contributed by atoms with van der Waals surface area (Å²) in [7, 11) is 2.83. The van der Waals surface area contributed by atoms with Crippen LogP contribution in [0.15, 0.2) is 48.6 Å². The maximum atomic E-state index is 13.0. The van der Waals surface area contributed by atoms with E-state index in [1.165, 1.54) is 50.7 Å². The van der Waals surface area contributed by atoms with Crippen LogP contribution < -0.4 is 9.47 Å². The highest BCUT2D eigenvalue weighted by atomic mass is 16.5. The zero-order chi connectivity index (χ0) is 26.0. The van der Waals surface area contributed by atoms with Gasteiger partial charge in [0.1, 0.15) is 0 Å². The Morgan fingerprint density at radius 2 is 1.26 bits per heavy atom. The molecule has 0 aliphatic carbocycles. The van der Waals surface area contributed by atoms with E-state index in [0.717, 1.165) is 0 Å². The molecule has 2 aromatic carbocycles. The third-order valence-electron chi connectivity index (χ3n) is 5.47. The number of ketones is 2. The summed E-state index contributed by atoms with van der Waals surface area (Å²) in [6.07, 6.45) is 5.25. The third kappa shape index (κ3) is 7.46. The van der Waals surface area contributed by atoms with Crippen molar-refractivity contribution in [1.82, 2.24) is 4.90 Å². The van der Waals surface area contributed by atoms with Crippen molar-refractivity contribution in [3.8, 4) is 23.0 Å². The van der Waals surface area contributed by atoms with Crippen molar-refractivity contribution in [3.63, 3.8) is 0 Å². The van der Waals surface area contributed by atoms with E-state index in [9.17, 15) is 24.6 Å². The van der Waals surface area contributed by atoms with E-state index >= 15 is 0 Å². The van der Waals surface area contributed by atoms with Gasteiger partial charge in [-0.1, -0.05) is 24.3 Å². The predicted octanol–water partition coefficient (Wildman–Crippen LogP) is 3.85. The molecule has 0 spiro atoms. The summed E-state index contributed by atoms with van der Waals surface area (Å²) in [5.74, 6) is -2.11. The fourth-order valence-electron chi connectivity index (χ4n) is 3.41. The van der Waals surface area contributed by atoms with Gasteiger partial charge < -0.3 is 24.6 Å². The van der Waals surface area contributed by atoms with Crippen molar-refractivity contribution in [3.05, 3.63) is 59.7 Å². The van der Waals surface area contributed by atoms with Crippen molar-refractivity contribution in [2.75, 3.05) is 27.3 Å². The Balaban J connectivity index is 2.30. The lowest BCUT2D eigenvalue weighted by molar-refractivity contribution is -0.137. The Morgan fingerprint density at radius 1 is 0.829 bits per heavy atom. The Kier molecular flexibility index (Phi) is 10.1. The van der Waals surface area contributed by atoms with Gasteiger partial charge in [0, 0.05) is 19.5 Å². The van der Waals surface area contributed by atoms with Crippen LogP contribution in [0, 0.1) is 5.92 Å². The van der Waals surface area contributed by atoms with Crippen LogP contribution in [0.25, 0.3) is 12.2 Å². The molecule has 35 heavy (non-hydrogen) atoms. The summed E-state index contributed by atoms with van der Waals surface area (Å²) in [5.41, 5.74) is 1.17. The number of methoxy groups -OCH3 is 2. The first-order valence-electron chi connectivity index (χ1n) is 11.2. The number of carbonyl (C=O) groups is 3. The molecule has 0 heterocycles. The lowest BCUT2D eigenvalue weighted by Crippen LogP contribution is -2.35. The number of hydrogen-bond acceptors (Lipinski definition) is 7. The summed E-state index contributed by atoms with van der Waals surface area (Å²) < 4.78 is 10.1. The van der Waals surface area contributed by atoms with E-state index in [2.05, 4.69) is 0 Å². The molecule has 0 saturated carbocycles. The number of aromatic hydroxyl groups is 2. The fraction of sp³-hybridized carbons (Fsp3) is 0.296. The van der Waals surface area contributed by atoms with Gasteiger partial charge in [-0.3, -0.25) is 14.4 Å². The first-order valence-corrected chi connectivity index (χ1v) is 11.2. The maximum absolute atomic E-state index is 13.0. The monoisotopic (exact) mass is 481 g/mol. The smallest absolute Gasteiger partial charge is 0.223 e. The van der Waals surface area contributed by atoms with Gasteiger partial charge in [0.05, 0.1) is 20.1 Å². The Hall–Kier alpha value is -4.07. The van der Waals surface area contributed by atoms with Crippen molar-refractivity contribution in [1.29, 1.82) is 0 Å². The van der Waals surface area contributed by atoms with Crippen LogP contribution in [-0.4, -0.2) is 59.9 Å². The lowest BCUT2D eigenvalue weighted by Gasteiger charge is -2.20. The van der Waals surface area contributed by atoms with Gasteiger partial charge in [-0.15, -0.1) is 0 Å². The van der Waals surface area contributed by atoms with Crippen molar-refractivity contribution < 1.29 is 34.1 Å². The quantitative estimate of drug-likeness (QED) is 0.350. The van der Waals surface area contributed by atoms with Gasteiger partial charge in [-0.2, -0.15) is 0 Å². The molecule has 0 aliphatic heterocycles. The normalized spacial score (nSPS) is 12.0. The van der Waals surface area contributed by atoms with Crippen molar-refractivity contribution in [2.24, 2.45) is 5.92 Å². The van der Waals surface area contributed by atoms with Crippen LogP contribution in [0.2, 0.25) is 0 Å². The SMILES string of the molecule is CCN(CC)C(=O)CC(C(=O)C=Cc1ccc(O)c(OC)c1)C(=O)C=Cc1ccc(O)c(OC)c1. The van der Waals surface area contributed by atoms with E-state index in [4.69, 9.17) is 9.47 Å². The predicted molar refractivity (Wildman–Crippen MR) is 133 cm³/mol. The first-order chi connectivity index (χ1) is 16.7. The highest BCUT2D eigenvalue weighted by Gasteiger charge is 2.27. The standard InChI is InChI=1S/C27H31NO7/c1-5-28(6-2)27(33)17-20(21(29)11-7-18-9-13-23(31)25(15-18)34-3)22(30)12-8-19-10-14-24(32)26(16-19)35-4/h7-16,20,31-32H,5-6,17H2,1-4H3. The molecular formula is C27H31NO7. The summed E-state index contributed by atoms with van der Waals surface area (Å²) in [4.78, 5) is 40.3. The molecule has 0 unspecified atom stereocenters. The zero-order valence-corrected chi connectivity index (χ0v) is 20.4. The van der Waals surface area contributed by atoms with Gasteiger partial charge in [0.25, 0.3) is 0 Å². The molecule has 0 saturated heterocycles. The van der Waals surface area contributed by atoms with E-state index in [1.807, 2.05) is 13.8 Å². The number of ether oxygens (including phenoxy) is 2. The molecule has 8 nitrogen and oxygen atoms in total. The minimum Gasteiger partial charge on any atom is -0.504 e. The van der Waals surface area contributed by atoms with Crippen LogP contribution in [0.1, 0.15) is 31.4 Å². The highest BCUT2D eigenvalue weighted by molar-refractivity contribution is 6.15. The number of benzene rings is 2. The number of allylic oxidation sites excluding steroid dienone is 2. The van der Waals surface area contributed by atoms with Crippen molar-refractivity contribution in [2.45, 2.75) is 20.3 Å². The molecular weight excluding hydrogens is 450 g/mol. The van der Waals surface area contributed by atoms with E-state index in [1.54, 1.807) is 29.2 Å². The molecule has 8 heteroatoms. The van der Waals surface area contributed by atoms with Crippen molar-refractivity contribution >= 4 is 29.6 Å². The largest absolute Gasteiger partial charge is 0.504 e. The molecule has 186 valence electrons. The van der Waals surface area contributed by atoms with Gasteiger partial charge in [0.15, 0.2) is 34.6 Å². The van der Waals surface area contributed by atoms with E-state index in [-0.39, 0.29) is 35.3 Å². The molecule has 2 aromatic rings. The van der Waals surface area contributed by atoms with Gasteiger partial charge in [-0.25, -0.2) is 0 Å². The van der Waals surface area contributed by atoms with E-state index < -0.39 is 17.5 Å². The Labute approximate surface area is 205 Å². The van der Waals surface area contributed by atoms with Crippen LogP contribution in [-0.2, 0) is 14.4 Å². The second-order valence-electron chi connectivity index (χ2n) is 7.66. The molecule has 2 rings (SSSR count). The van der Waals surface area contributed by atoms with Crippen LogP contribution in [0.4, 0.5) is 0 Å². The second kappa shape index (κ2) is 13.0. The number of amides is 1. The second-order valence-corrected chi connectivity index (χ2v) is 7.66. The average Bonchev–Trinajstić information content (AvgIpc) is 2.86. The Morgan fingerprint density at radius 3 is 1.63 bits per heavy atom. The molecule has 0 aromatic heterocycles. The Bertz CT molecular complexity index is 1040. The van der Waals surface area contributed by atoms with Gasteiger partial charge in [0.2, 0.25) is 5.91 Å². The summed E-state index contributed by atoms with van der Waals surface area (Å²) in [6.45, 7) is 4.60. The summed E-state index contributed by atoms with van der Waals surface area (Å²) >= 11 is 0. The lowest BCUT2D eigenvalue weighted by atomic mass is 9.92. The number of rotatable bonds is 12. The minimum absolute atomic E-state index is 0.0372. The number of phenolic OH excluding ortho intramolecular Hbond substituents is 2. The maximum Gasteiger partial charge on any atom is 0.223 e. The van der Waals surface area contributed by atoms with E-state index in [0.29, 0.717) is 24.2 Å². The van der Waals surface area contributed by atoms with Crippen LogP contribution in [0.5, 0.6) is 23.0 Å². The van der Waals surface area contributed by atoms with Gasteiger partial charge in [-0.05, 0) is 61.4 Å². The minimum atomic E-state index is -1.20. The van der Waals surface area contributed by atoms with Crippen LogP contribution in [0.3, 0.4) is 0 Å². The third-order valence-corrected chi connectivity index (χ3v) is 5.47. The molecule has 0 aliphatic rings. The molecule has 2 N–H and O–H groups in total. The average molecular weight is 482 g/mol. The zero-order valence-electron chi connectivity index (χ0n) is 20.4. The fourth-order valence-corrected chi connectivity index (χ4v) is 3.41. The van der Waals surface area contributed by atoms with Crippen LogP contribution >= 0.6 is 0 Å². The van der Waals surface area contributed by atoms with Gasteiger partial charge >= 0.3 is 0 Å². The number of phenols is 2. The topological polar surface area (TPSA) is 113 Å². The summed E-state index contributed by atoms with van der Waals surface area (Å²) in [6, 6.07) is 9.16. The highest BCUT2D eigenvalue weighted by Crippen LogP contribution is 2.28.